The molecule has 0 bridgehead atoms. The van der Waals surface area contributed by atoms with E-state index in [1.54, 1.807) is 6.07 Å². The summed E-state index contributed by atoms with van der Waals surface area (Å²) in [4.78, 5) is 4.24. The average Bonchev–Trinajstić information content (AvgIpc) is 2.57. The van der Waals surface area contributed by atoms with Crippen LogP contribution < -0.4 is 10.3 Å². The number of hydrogen-bond acceptors (Lipinski definition) is 5. The molecule has 5 nitrogen and oxygen atoms in total. The standard InChI is InChI=1S/C13H17BN2O3/c1-12(2)13(3,4)19-14(18-12)11-10(17-5)6-9(7-15)8-16-11/h6,8H,1-5H3. The fourth-order valence-corrected chi connectivity index (χ4v) is 1.81. The van der Waals surface area contributed by atoms with Crippen LogP contribution in [0.3, 0.4) is 0 Å². The Morgan fingerprint density at radius 1 is 1.26 bits per heavy atom. The van der Waals surface area contributed by atoms with Gasteiger partial charge in [-0.25, -0.2) is 0 Å². The van der Waals surface area contributed by atoms with E-state index in [0.717, 1.165) is 0 Å². The Morgan fingerprint density at radius 2 is 1.84 bits per heavy atom. The fourth-order valence-electron chi connectivity index (χ4n) is 1.81. The molecule has 0 aromatic carbocycles. The Bertz CT molecular complexity index is 521. The van der Waals surface area contributed by atoms with Crippen LogP contribution in [0, 0.1) is 11.3 Å². The molecule has 1 aromatic rings. The first-order valence-electron chi connectivity index (χ1n) is 6.10. The zero-order chi connectivity index (χ0) is 14.3. The molecule has 2 rings (SSSR count). The summed E-state index contributed by atoms with van der Waals surface area (Å²) in [6, 6.07) is 3.66. The van der Waals surface area contributed by atoms with Crippen molar-refractivity contribution in [3.05, 3.63) is 17.8 Å². The van der Waals surface area contributed by atoms with Gasteiger partial charge in [-0.2, -0.15) is 5.26 Å². The highest BCUT2D eigenvalue weighted by Gasteiger charge is 2.53. The minimum Gasteiger partial charge on any atom is -0.495 e. The van der Waals surface area contributed by atoms with Crippen molar-refractivity contribution in [2.75, 3.05) is 7.11 Å². The zero-order valence-corrected chi connectivity index (χ0v) is 11.9. The summed E-state index contributed by atoms with van der Waals surface area (Å²) in [5.74, 6) is 0.498. The van der Waals surface area contributed by atoms with Gasteiger partial charge in [0.2, 0.25) is 0 Å². The summed E-state index contributed by atoms with van der Waals surface area (Å²) in [5, 5.41) is 8.87. The first-order chi connectivity index (χ1) is 8.80. The van der Waals surface area contributed by atoms with Crippen molar-refractivity contribution in [2.45, 2.75) is 38.9 Å². The summed E-state index contributed by atoms with van der Waals surface area (Å²) in [6.45, 7) is 7.90. The molecule has 0 unspecified atom stereocenters. The third-order valence-electron chi connectivity index (χ3n) is 3.71. The van der Waals surface area contributed by atoms with Crippen molar-refractivity contribution in [1.82, 2.24) is 4.98 Å². The predicted molar refractivity (Wildman–Crippen MR) is 71.2 cm³/mol. The third kappa shape index (κ3) is 2.31. The second-order valence-corrected chi connectivity index (χ2v) is 5.51. The Morgan fingerprint density at radius 3 is 2.32 bits per heavy atom. The van der Waals surface area contributed by atoms with E-state index in [2.05, 4.69) is 4.98 Å². The van der Waals surface area contributed by atoms with Gasteiger partial charge in [0.25, 0.3) is 0 Å². The SMILES string of the molecule is COc1cc(C#N)cnc1B1OC(C)(C)C(C)(C)O1. The van der Waals surface area contributed by atoms with E-state index in [4.69, 9.17) is 19.3 Å². The Labute approximate surface area is 113 Å². The molecule has 0 radical (unpaired) electrons. The van der Waals surface area contributed by atoms with Gasteiger partial charge in [-0.05, 0) is 27.7 Å². The van der Waals surface area contributed by atoms with Gasteiger partial charge in [-0.1, -0.05) is 0 Å². The third-order valence-corrected chi connectivity index (χ3v) is 3.71. The Hall–Kier alpha value is -1.58. The smallest absolute Gasteiger partial charge is 0.495 e. The Kier molecular flexibility index (Phi) is 3.29. The Balaban J connectivity index is 2.37. The number of hydrogen-bond donors (Lipinski definition) is 0. The lowest BCUT2D eigenvalue weighted by atomic mass is 9.83. The minimum atomic E-state index is -0.590. The topological polar surface area (TPSA) is 64.4 Å². The van der Waals surface area contributed by atoms with Crippen molar-refractivity contribution in [2.24, 2.45) is 0 Å². The summed E-state index contributed by atoms with van der Waals surface area (Å²) >= 11 is 0. The van der Waals surface area contributed by atoms with Crippen LogP contribution in [-0.4, -0.2) is 30.4 Å². The van der Waals surface area contributed by atoms with Crippen LogP contribution >= 0.6 is 0 Å². The van der Waals surface area contributed by atoms with Crippen LogP contribution in [0.4, 0.5) is 0 Å². The second-order valence-electron chi connectivity index (χ2n) is 5.51. The largest absolute Gasteiger partial charge is 0.518 e. The zero-order valence-electron chi connectivity index (χ0n) is 11.9. The maximum absolute atomic E-state index is 8.87. The highest BCUT2D eigenvalue weighted by atomic mass is 16.7. The lowest BCUT2D eigenvalue weighted by Gasteiger charge is -2.32. The van der Waals surface area contributed by atoms with Gasteiger partial charge in [0.05, 0.1) is 23.9 Å². The van der Waals surface area contributed by atoms with Crippen LogP contribution in [-0.2, 0) is 9.31 Å². The number of nitrogens with zero attached hydrogens (tertiary/aromatic N) is 2. The molecule has 19 heavy (non-hydrogen) atoms. The normalized spacial score (nSPS) is 20.1. The van der Waals surface area contributed by atoms with E-state index in [1.165, 1.54) is 13.3 Å². The van der Waals surface area contributed by atoms with E-state index in [1.807, 2.05) is 33.8 Å². The van der Waals surface area contributed by atoms with Gasteiger partial charge < -0.3 is 14.0 Å². The molecule has 1 saturated heterocycles. The van der Waals surface area contributed by atoms with Gasteiger partial charge >= 0.3 is 7.12 Å². The molecule has 1 aliphatic heterocycles. The van der Waals surface area contributed by atoms with Gasteiger partial charge in [0, 0.05) is 12.3 Å². The molecule has 0 amide bonds. The number of rotatable bonds is 2. The van der Waals surface area contributed by atoms with Crippen LogP contribution in [0.2, 0.25) is 0 Å². The van der Waals surface area contributed by atoms with E-state index in [9.17, 15) is 0 Å². The van der Waals surface area contributed by atoms with Crippen LogP contribution in [0.15, 0.2) is 12.3 Å². The number of methoxy groups -OCH3 is 1. The molecule has 1 aromatic heterocycles. The van der Waals surface area contributed by atoms with Gasteiger partial charge in [-0.3, -0.25) is 4.98 Å². The predicted octanol–water partition coefficient (Wildman–Crippen LogP) is 1.26. The minimum absolute atomic E-state index is 0.432. The lowest BCUT2D eigenvalue weighted by molar-refractivity contribution is 0.00578. The number of pyridine rings is 1. The molecular weight excluding hydrogens is 243 g/mol. The number of aromatic nitrogens is 1. The lowest BCUT2D eigenvalue weighted by Crippen LogP contribution is -2.41. The van der Waals surface area contributed by atoms with Crippen LogP contribution in [0.5, 0.6) is 5.75 Å². The first kappa shape index (κ1) is 13.8. The highest BCUT2D eigenvalue weighted by Crippen LogP contribution is 2.36. The van der Waals surface area contributed by atoms with E-state index in [0.29, 0.717) is 16.9 Å². The molecular formula is C13H17BN2O3. The second kappa shape index (κ2) is 4.51. The molecule has 1 fully saturated rings. The summed E-state index contributed by atoms with van der Waals surface area (Å²) in [6.07, 6.45) is 1.49. The average molecular weight is 260 g/mol. The van der Waals surface area contributed by atoms with Gasteiger partial charge in [0.15, 0.2) is 0 Å². The van der Waals surface area contributed by atoms with E-state index >= 15 is 0 Å². The van der Waals surface area contributed by atoms with Crippen LogP contribution in [0.25, 0.3) is 0 Å². The molecule has 0 atom stereocenters. The van der Waals surface area contributed by atoms with Crippen molar-refractivity contribution in [3.8, 4) is 11.8 Å². The van der Waals surface area contributed by atoms with Crippen molar-refractivity contribution in [3.63, 3.8) is 0 Å². The summed E-state index contributed by atoms with van der Waals surface area (Å²) < 4.78 is 17.1. The fraction of sp³-hybridized carbons (Fsp3) is 0.538. The highest BCUT2D eigenvalue weighted by molar-refractivity contribution is 6.62. The molecule has 0 saturated carbocycles. The van der Waals surface area contributed by atoms with Crippen molar-refractivity contribution < 1.29 is 14.0 Å². The van der Waals surface area contributed by atoms with Crippen molar-refractivity contribution >= 4 is 12.7 Å². The van der Waals surface area contributed by atoms with E-state index in [-0.39, 0.29) is 0 Å². The molecule has 2 heterocycles. The molecule has 6 heteroatoms. The van der Waals surface area contributed by atoms with E-state index < -0.39 is 18.3 Å². The summed E-state index contributed by atoms with van der Waals surface area (Å²) in [7, 11) is 0.945. The maximum atomic E-state index is 8.87. The van der Waals surface area contributed by atoms with Gasteiger partial charge in [0.1, 0.15) is 17.4 Å². The summed E-state index contributed by atoms with van der Waals surface area (Å²) in [5.41, 5.74) is 0.133. The molecule has 0 N–H and O–H groups in total. The molecule has 0 aliphatic carbocycles. The van der Waals surface area contributed by atoms with Crippen molar-refractivity contribution in [1.29, 1.82) is 5.26 Å². The molecule has 100 valence electrons. The monoisotopic (exact) mass is 260 g/mol. The molecule has 0 spiro atoms. The van der Waals surface area contributed by atoms with Crippen LogP contribution in [0.1, 0.15) is 33.3 Å². The quantitative estimate of drug-likeness (QED) is 0.749. The molecule has 1 aliphatic rings. The van der Waals surface area contributed by atoms with Gasteiger partial charge in [-0.15, -0.1) is 0 Å². The number of ether oxygens (including phenoxy) is 1. The maximum Gasteiger partial charge on any atom is 0.518 e. The number of nitriles is 1. The first-order valence-corrected chi connectivity index (χ1v) is 6.10.